The van der Waals surface area contributed by atoms with E-state index in [0.29, 0.717) is 0 Å². The average molecular weight is 176 g/mol. The van der Waals surface area contributed by atoms with Gasteiger partial charge in [0.25, 0.3) is 0 Å². The van der Waals surface area contributed by atoms with Crippen LogP contribution in [0.1, 0.15) is 29.4 Å². The molecule has 4 atom stereocenters. The molecule has 0 heterocycles. The highest BCUT2D eigenvalue weighted by Gasteiger charge is 2.49. The van der Waals surface area contributed by atoms with Crippen LogP contribution in [0.25, 0.3) is 0 Å². The second kappa shape index (κ2) is 2.34. The summed E-state index contributed by atoms with van der Waals surface area (Å²) in [7, 11) is 0. The van der Waals surface area contributed by atoms with Crippen LogP contribution in [0.4, 0.5) is 0 Å². The smallest absolute Gasteiger partial charge is 0.0873 e. The minimum atomic E-state index is -0.542. The van der Waals surface area contributed by atoms with E-state index in [1.54, 1.807) is 0 Å². The van der Waals surface area contributed by atoms with Gasteiger partial charge in [0.15, 0.2) is 0 Å². The lowest BCUT2D eigenvalue weighted by Gasteiger charge is -2.24. The van der Waals surface area contributed by atoms with Crippen molar-refractivity contribution in [3.63, 3.8) is 0 Å². The number of aliphatic hydroxyl groups is 2. The van der Waals surface area contributed by atoms with Crippen LogP contribution < -0.4 is 0 Å². The van der Waals surface area contributed by atoms with Gasteiger partial charge in [0.2, 0.25) is 0 Å². The van der Waals surface area contributed by atoms with Crippen LogP contribution in [0.2, 0.25) is 0 Å². The zero-order chi connectivity index (χ0) is 9.00. The zero-order valence-electron chi connectivity index (χ0n) is 7.22. The Morgan fingerprint density at radius 2 is 1.38 bits per heavy atom. The lowest BCUT2D eigenvalue weighted by Crippen LogP contribution is -2.30. The molecule has 3 rings (SSSR count). The Balaban J connectivity index is 2.16. The van der Waals surface area contributed by atoms with E-state index in [4.69, 9.17) is 0 Å². The van der Waals surface area contributed by atoms with Crippen molar-refractivity contribution in [1.82, 2.24) is 0 Å². The number of fused-ring (bicyclic) bond motifs is 5. The molecule has 1 saturated carbocycles. The van der Waals surface area contributed by atoms with Crippen molar-refractivity contribution in [2.75, 3.05) is 0 Å². The molecule has 0 unspecified atom stereocenters. The molecule has 0 amide bonds. The van der Waals surface area contributed by atoms with Gasteiger partial charge in [0.1, 0.15) is 0 Å². The fourth-order valence-electron chi connectivity index (χ4n) is 2.84. The van der Waals surface area contributed by atoms with Gasteiger partial charge < -0.3 is 10.2 Å². The Kier molecular flexibility index (Phi) is 1.35. The Morgan fingerprint density at radius 3 is 1.85 bits per heavy atom. The van der Waals surface area contributed by atoms with Gasteiger partial charge in [-0.05, 0) is 17.5 Å². The lowest BCUT2D eigenvalue weighted by atomic mass is 9.88. The lowest BCUT2D eigenvalue weighted by molar-refractivity contribution is 0.0217. The molecule has 2 N–H and O–H groups in total. The monoisotopic (exact) mass is 176 g/mol. The minimum absolute atomic E-state index is 0.177. The molecule has 2 bridgehead atoms. The van der Waals surface area contributed by atoms with Crippen molar-refractivity contribution in [1.29, 1.82) is 0 Å². The summed E-state index contributed by atoms with van der Waals surface area (Å²) in [6.45, 7) is 0. The summed E-state index contributed by atoms with van der Waals surface area (Å²) >= 11 is 0. The third-order valence-corrected chi connectivity index (χ3v) is 3.48. The van der Waals surface area contributed by atoms with Crippen molar-refractivity contribution < 1.29 is 10.2 Å². The number of rotatable bonds is 0. The summed E-state index contributed by atoms with van der Waals surface area (Å²) in [4.78, 5) is 0. The third-order valence-electron chi connectivity index (χ3n) is 3.48. The predicted octanol–water partition coefficient (Wildman–Crippen LogP) is 0.993. The molecular formula is C11H12O2. The molecule has 1 aromatic rings. The summed E-state index contributed by atoms with van der Waals surface area (Å²) < 4.78 is 0. The highest BCUT2D eigenvalue weighted by Crippen LogP contribution is 2.52. The van der Waals surface area contributed by atoms with Crippen molar-refractivity contribution in [3.8, 4) is 0 Å². The second-order valence-corrected chi connectivity index (χ2v) is 4.06. The number of hydrogen-bond donors (Lipinski definition) is 2. The zero-order valence-corrected chi connectivity index (χ0v) is 7.22. The summed E-state index contributed by atoms with van der Waals surface area (Å²) in [6.07, 6.45) is -0.165. The van der Waals surface area contributed by atoms with Crippen molar-refractivity contribution >= 4 is 0 Å². The molecule has 1 fully saturated rings. The van der Waals surface area contributed by atoms with Crippen LogP contribution in [0.15, 0.2) is 24.3 Å². The minimum Gasteiger partial charge on any atom is -0.390 e. The van der Waals surface area contributed by atoms with Crippen LogP contribution in [-0.4, -0.2) is 22.4 Å². The maximum Gasteiger partial charge on any atom is 0.0873 e. The van der Waals surface area contributed by atoms with E-state index in [-0.39, 0.29) is 11.8 Å². The SMILES string of the molecule is O[C@@H]1[C@H](O)[C@@H]2C[C@H]1c1ccccc12. The quantitative estimate of drug-likeness (QED) is 0.619. The van der Waals surface area contributed by atoms with Crippen molar-refractivity contribution in [2.45, 2.75) is 30.5 Å². The van der Waals surface area contributed by atoms with Crippen LogP contribution in [0.3, 0.4) is 0 Å². The predicted molar refractivity (Wildman–Crippen MR) is 48.6 cm³/mol. The first-order valence-electron chi connectivity index (χ1n) is 4.74. The fraction of sp³-hybridized carbons (Fsp3) is 0.455. The molecule has 0 aromatic heterocycles. The third kappa shape index (κ3) is 0.798. The van der Waals surface area contributed by atoms with Gasteiger partial charge in [0.05, 0.1) is 12.2 Å². The number of hydrogen-bond acceptors (Lipinski definition) is 2. The molecule has 13 heavy (non-hydrogen) atoms. The average Bonchev–Trinajstić information content (AvgIpc) is 2.66. The normalized spacial score (nSPS) is 40.8. The van der Waals surface area contributed by atoms with Crippen molar-refractivity contribution in [3.05, 3.63) is 35.4 Å². The van der Waals surface area contributed by atoms with Gasteiger partial charge >= 0.3 is 0 Å². The molecule has 0 saturated heterocycles. The first-order valence-corrected chi connectivity index (χ1v) is 4.74. The molecule has 2 aliphatic rings. The van der Waals surface area contributed by atoms with Crippen molar-refractivity contribution in [2.24, 2.45) is 0 Å². The highest BCUT2D eigenvalue weighted by atomic mass is 16.3. The highest BCUT2D eigenvalue weighted by molar-refractivity contribution is 5.43. The van der Waals surface area contributed by atoms with E-state index in [1.165, 1.54) is 11.1 Å². The Hall–Kier alpha value is -0.860. The molecule has 2 aliphatic carbocycles. The van der Waals surface area contributed by atoms with Gasteiger partial charge in [0, 0.05) is 11.8 Å². The van der Waals surface area contributed by atoms with E-state index >= 15 is 0 Å². The van der Waals surface area contributed by atoms with Crippen LogP contribution in [-0.2, 0) is 0 Å². The van der Waals surface area contributed by atoms with E-state index < -0.39 is 12.2 Å². The second-order valence-electron chi connectivity index (χ2n) is 4.06. The molecule has 68 valence electrons. The molecule has 2 nitrogen and oxygen atoms in total. The number of aliphatic hydroxyl groups excluding tert-OH is 2. The maximum atomic E-state index is 9.68. The summed E-state index contributed by atoms with van der Waals surface area (Å²) in [5.41, 5.74) is 2.48. The van der Waals surface area contributed by atoms with Gasteiger partial charge in [-0.15, -0.1) is 0 Å². The first kappa shape index (κ1) is 7.54. The van der Waals surface area contributed by atoms with E-state index in [1.807, 2.05) is 12.1 Å². The molecule has 0 spiro atoms. The fourth-order valence-corrected chi connectivity index (χ4v) is 2.84. The van der Waals surface area contributed by atoms with Crippen LogP contribution in [0.5, 0.6) is 0 Å². The summed E-state index contributed by atoms with van der Waals surface area (Å²) in [5.74, 6) is 0.354. The Bertz CT molecular complexity index is 315. The van der Waals surface area contributed by atoms with Gasteiger partial charge in [-0.1, -0.05) is 24.3 Å². The van der Waals surface area contributed by atoms with Crippen LogP contribution in [0, 0.1) is 0 Å². The number of benzene rings is 1. The Labute approximate surface area is 76.8 Å². The summed E-state index contributed by atoms with van der Waals surface area (Å²) in [5, 5.41) is 19.4. The standard InChI is InChI=1S/C11H12O2/c12-10-8-5-9(11(10)13)7-4-2-1-3-6(7)8/h1-4,8-13H,5H2/t8-,9+,10-,11+. The van der Waals surface area contributed by atoms with Gasteiger partial charge in [-0.25, -0.2) is 0 Å². The van der Waals surface area contributed by atoms with Gasteiger partial charge in [-0.2, -0.15) is 0 Å². The van der Waals surface area contributed by atoms with E-state index in [2.05, 4.69) is 12.1 Å². The maximum absolute atomic E-state index is 9.68. The molecule has 0 aliphatic heterocycles. The van der Waals surface area contributed by atoms with Gasteiger partial charge in [-0.3, -0.25) is 0 Å². The molecule has 2 heteroatoms. The molecular weight excluding hydrogens is 164 g/mol. The molecule has 1 aromatic carbocycles. The Morgan fingerprint density at radius 1 is 0.923 bits per heavy atom. The largest absolute Gasteiger partial charge is 0.390 e. The first-order chi connectivity index (χ1) is 6.29. The van der Waals surface area contributed by atoms with E-state index in [9.17, 15) is 10.2 Å². The van der Waals surface area contributed by atoms with E-state index in [0.717, 1.165) is 6.42 Å². The topological polar surface area (TPSA) is 40.5 Å². The molecule has 0 radical (unpaired) electrons. The van der Waals surface area contributed by atoms with Crippen LogP contribution >= 0.6 is 0 Å². The summed E-state index contributed by atoms with van der Waals surface area (Å²) in [6, 6.07) is 8.13.